The van der Waals surface area contributed by atoms with E-state index in [9.17, 15) is 0 Å². The Kier molecular flexibility index (Phi) is 1.37. The molecular formula is C9H15N3. The van der Waals surface area contributed by atoms with Gasteiger partial charge in [0.2, 0.25) is 0 Å². The maximum absolute atomic E-state index is 5.94. The lowest BCUT2D eigenvalue weighted by Crippen LogP contribution is -2.06. The Balaban J connectivity index is 2.24. The molecule has 1 aliphatic carbocycles. The van der Waals surface area contributed by atoms with Crippen molar-refractivity contribution in [2.75, 3.05) is 0 Å². The van der Waals surface area contributed by atoms with Gasteiger partial charge in [-0.25, -0.2) is 0 Å². The highest BCUT2D eigenvalue weighted by atomic mass is 15.3. The average Bonchev–Trinajstić information content (AvgIpc) is 2.38. The number of nitrogens with two attached hydrogens (primary N) is 1. The number of rotatable bonds is 1. The van der Waals surface area contributed by atoms with Crippen LogP contribution in [0.1, 0.15) is 25.5 Å². The fourth-order valence-electron chi connectivity index (χ4n) is 1.84. The van der Waals surface area contributed by atoms with E-state index in [-0.39, 0.29) is 11.5 Å². The van der Waals surface area contributed by atoms with Gasteiger partial charge in [0.15, 0.2) is 0 Å². The molecule has 66 valence electrons. The number of nitrogens with zero attached hydrogens (tertiary/aromatic N) is 2. The van der Waals surface area contributed by atoms with Crippen LogP contribution < -0.4 is 5.73 Å². The van der Waals surface area contributed by atoms with E-state index in [0.717, 1.165) is 5.69 Å². The van der Waals surface area contributed by atoms with E-state index < -0.39 is 0 Å². The van der Waals surface area contributed by atoms with Gasteiger partial charge in [-0.15, -0.1) is 0 Å². The molecule has 0 aromatic carbocycles. The van der Waals surface area contributed by atoms with Crippen LogP contribution in [0, 0.1) is 5.41 Å². The first-order valence-electron chi connectivity index (χ1n) is 4.28. The topological polar surface area (TPSA) is 43.8 Å². The first kappa shape index (κ1) is 7.80. The fraction of sp³-hybridized carbons (Fsp3) is 0.667. The minimum Gasteiger partial charge on any atom is -0.327 e. The van der Waals surface area contributed by atoms with E-state index in [1.54, 1.807) is 0 Å². The van der Waals surface area contributed by atoms with Crippen LogP contribution in [-0.2, 0) is 7.05 Å². The van der Waals surface area contributed by atoms with Crippen LogP contribution in [0.3, 0.4) is 0 Å². The van der Waals surface area contributed by atoms with Crippen molar-refractivity contribution in [1.82, 2.24) is 9.78 Å². The van der Waals surface area contributed by atoms with Gasteiger partial charge in [0.25, 0.3) is 0 Å². The van der Waals surface area contributed by atoms with Gasteiger partial charge in [0.1, 0.15) is 0 Å². The minimum absolute atomic E-state index is 0.244. The van der Waals surface area contributed by atoms with E-state index in [4.69, 9.17) is 5.73 Å². The van der Waals surface area contributed by atoms with E-state index in [0.29, 0.717) is 5.92 Å². The Morgan fingerprint density at radius 1 is 1.58 bits per heavy atom. The summed E-state index contributed by atoms with van der Waals surface area (Å²) in [5.74, 6) is 0.457. The van der Waals surface area contributed by atoms with E-state index >= 15 is 0 Å². The molecule has 12 heavy (non-hydrogen) atoms. The van der Waals surface area contributed by atoms with Crippen LogP contribution >= 0.6 is 0 Å². The monoisotopic (exact) mass is 165 g/mol. The van der Waals surface area contributed by atoms with Crippen LogP contribution in [0.4, 0.5) is 0 Å². The molecule has 2 rings (SSSR count). The second-order valence-electron chi connectivity index (χ2n) is 4.24. The summed E-state index contributed by atoms with van der Waals surface area (Å²) < 4.78 is 1.83. The van der Waals surface area contributed by atoms with Gasteiger partial charge in [-0.05, 0) is 11.5 Å². The zero-order chi connectivity index (χ0) is 8.93. The summed E-state index contributed by atoms with van der Waals surface area (Å²) >= 11 is 0. The Morgan fingerprint density at radius 2 is 2.17 bits per heavy atom. The van der Waals surface area contributed by atoms with Crippen molar-refractivity contribution in [3.05, 3.63) is 18.0 Å². The predicted molar refractivity (Wildman–Crippen MR) is 47.7 cm³/mol. The molecule has 0 saturated heterocycles. The second-order valence-corrected chi connectivity index (χ2v) is 4.24. The molecule has 0 aliphatic heterocycles. The normalized spacial score (nSPS) is 32.0. The molecule has 0 bridgehead atoms. The first-order chi connectivity index (χ1) is 5.53. The van der Waals surface area contributed by atoms with Crippen molar-refractivity contribution < 1.29 is 0 Å². The van der Waals surface area contributed by atoms with Gasteiger partial charge in [-0.2, -0.15) is 5.10 Å². The molecule has 0 unspecified atom stereocenters. The third-order valence-corrected chi connectivity index (χ3v) is 2.96. The zero-order valence-electron chi connectivity index (χ0n) is 7.78. The molecule has 0 spiro atoms. The third kappa shape index (κ3) is 0.894. The standard InChI is InChI=1S/C9H15N3/c1-9(2)7(8(9)10)6-4-5-12(3)11-6/h4-5,7-8H,10H2,1-3H3/t7-,8-/m0/s1. The Hall–Kier alpha value is -0.830. The van der Waals surface area contributed by atoms with E-state index in [1.165, 1.54) is 0 Å². The molecule has 1 saturated carbocycles. The van der Waals surface area contributed by atoms with Crippen LogP contribution in [0.2, 0.25) is 0 Å². The van der Waals surface area contributed by atoms with Crippen LogP contribution in [0.5, 0.6) is 0 Å². The van der Waals surface area contributed by atoms with Gasteiger partial charge in [0.05, 0.1) is 5.69 Å². The van der Waals surface area contributed by atoms with Crippen molar-refractivity contribution in [2.45, 2.75) is 25.8 Å². The maximum atomic E-state index is 5.94. The first-order valence-corrected chi connectivity index (χ1v) is 4.28. The number of hydrogen-bond acceptors (Lipinski definition) is 2. The number of aryl methyl sites for hydroxylation is 1. The summed E-state index contributed by atoms with van der Waals surface area (Å²) in [6.45, 7) is 4.38. The molecule has 1 aliphatic rings. The van der Waals surface area contributed by atoms with Gasteiger partial charge >= 0.3 is 0 Å². The molecule has 3 nitrogen and oxygen atoms in total. The van der Waals surface area contributed by atoms with Crippen LogP contribution in [0.15, 0.2) is 12.3 Å². The van der Waals surface area contributed by atoms with Gasteiger partial charge in [-0.3, -0.25) is 4.68 Å². The van der Waals surface area contributed by atoms with Crippen molar-refractivity contribution in [2.24, 2.45) is 18.2 Å². The molecule has 1 heterocycles. The maximum Gasteiger partial charge on any atom is 0.0677 e. The molecule has 0 amide bonds. The SMILES string of the molecule is Cn1ccc([C@H]2[C@H](N)C2(C)C)n1. The summed E-state index contributed by atoms with van der Waals surface area (Å²) in [5, 5.41) is 4.36. The van der Waals surface area contributed by atoms with Gasteiger partial charge in [0, 0.05) is 25.2 Å². The third-order valence-electron chi connectivity index (χ3n) is 2.96. The molecular weight excluding hydrogens is 150 g/mol. The highest BCUT2D eigenvalue weighted by Gasteiger charge is 2.57. The van der Waals surface area contributed by atoms with Crippen LogP contribution in [0.25, 0.3) is 0 Å². The molecule has 1 aromatic rings. The van der Waals surface area contributed by atoms with E-state index in [1.807, 2.05) is 17.9 Å². The fourth-order valence-corrected chi connectivity index (χ4v) is 1.84. The van der Waals surface area contributed by atoms with Gasteiger partial charge < -0.3 is 5.73 Å². The summed E-state index contributed by atoms with van der Waals surface area (Å²) in [5.41, 5.74) is 7.31. The average molecular weight is 165 g/mol. The lowest BCUT2D eigenvalue weighted by atomic mass is 10.1. The van der Waals surface area contributed by atoms with Crippen LogP contribution in [-0.4, -0.2) is 15.8 Å². The molecule has 0 radical (unpaired) electrons. The molecule has 2 N–H and O–H groups in total. The quantitative estimate of drug-likeness (QED) is 0.671. The lowest BCUT2D eigenvalue weighted by molar-refractivity contribution is 0.591. The molecule has 1 aromatic heterocycles. The summed E-state index contributed by atoms with van der Waals surface area (Å²) in [6, 6.07) is 2.34. The minimum atomic E-state index is 0.244. The van der Waals surface area contributed by atoms with Crippen molar-refractivity contribution >= 4 is 0 Å². The highest BCUT2D eigenvalue weighted by Crippen LogP contribution is 2.56. The highest BCUT2D eigenvalue weighted by molar-refractivity contribution is 5.27. The Labute approximate surface area is 72.6 Å². The molecule has 2 atom stereocenters. The van der Waals surface area contributed by atoms with Gasteiger partial charge in [-0.1, -0.05) is 13.8 Å². The largest absolute Gasteiger partial charge is 0.327 e. The van der Waals surface area contributed by atoms with Crippen molar-refractivity contribution in [1.29, 1.82) is 0 Å². The molecule has 3 heteroatoms. The molecule has 1 fully saturated rings. The predicted octanol–water partition coefficient (Wildman–Crippen LogP) is 0.871. The lowest BCUT2D eigenvalue weighted by Gasteiger charge is -1.97. The van der Waals surface area contributed by atoms with Crippen molar-refractivity contribution in [3.63, 3.8) is 0 Å². The smallest absolute Gasteiger partial charge is 0.0677 e. The summed E-state index contributed by atoms with van der Waals surface area (Å²) in [6.07, 6.45) is 1.97. The second kappa shape index (κ2) is 2.10. The Bertz CT molecular complexity index is 300. The summed E-state index contributed by atoms with van der Waals surface area (Å²) in [4.78, 5) is 0. The van der Waals surface area contributed by atoms with Crippen molar-refractivity contribution in [3.8, 4) is 0 Å². The van der Waals surface area contributed by atoms with E-state index in [2.05, 4.69) is 25.0 Å². The number of hydrogen-bond donors (Lipinski definition) is 1. The number of aromatic nitrogens is 2. The Morgan fingerprint density at radius 3 is 2.50 bits per heavy atom. The summed E-state index contributed by atoms with van der Waals surface area (Å²) in [7, 11) is 1.93. The zero-order valence-corrected chi connectivity index (χ0v) is 7.78.